The zero-order chi connectivity index (χ0) is 26.8. The minimum atomic E-state index is -3.68. The van der Waals surface area contributed by atoms with E-state index in [1.54, 1.807) is 36.8 Å². The van der Waals surface area contributed by atoms with Crippen molar-refractivity contribution in [2.75, 3.05) is 25.5 Å². The van der Waals surface area contributed by atoms with Crippen molar-refractivity contribution in [2.45, 2.75) is 4.90 Å². The third-order valence-corrected chi connectivity index (χ3v) is 8.68. The molecule has 0 amide bonds. The van der Waals surface area contributed by atoms with Crippen LogP contribution in [-0.2, 0) is 10.0 Å². The fraction of sp³-hybridized carbons (Fsp3) is 0.103. The van der Waals surface area contributed by atoms with E-state index in [0.29, 0.717) is 17.7 Å². The Morgan fingerprint density at radius 2 is 1.79 bits per heavy atom. The largest absolute Gasteiger partial charge is 0.497 e. The van der Waals surface area contributed by atoms with Crippen LogP contribution in [0.3, 0.4) is 0 Å². The molecule has 8 nitrogen and oxygen atoms in total. The molecular formula is C29H25N5O3S2. The molecule has 0 radical (unpaired) electrons. The van der Waals surface area contributed by atoms with Gasteiger partial charge in [-0.2, -0.15) is 0 Å². The number of fused-ring (bicyclic) bond motifs is 2. The van der Waals surface area contributed by atoms with Crippen LogP contribution in [0, 0.1) is 0 Å². The molecule has 6 rings (SSSR count). The maximum absolute atomic E-state index is 13.0. The topological polar surface area (TPSA) is 97.6 Å². The Bertz CT molecular complexity index is 1890. The first-order valence-electron chi connectivity index (χ1n) is 12.3. The number of anilines is 1. The first-order chi connectivity index (χ1) is 19.0. The van der Waals surface area contributed by atoms with Gasteiger partial charge in [0.1, 0.15) is 11.6 Å². The van der Waals surface area contributed by atoms with Gasteiger partial charge in [-0.3, -0.25) is 4.40 Å². The number of thiazole rings is 1. The second-order valence-corrected chi connectivity index (χ2v) is 11.4. The predicted octanol–water partition coefficient (Wildman–Crippen LogP) is 5.68. The number of imidazole rings is 1. The zero-order valence-corrected chi connectivity index (χ0v) is 22.7. The Hall–Kier alpha value is -4.25. The Morgan fingerprint density at radius 3 is 2.69 bits per heavy atom. The van der Waals surface area contributed by atoms with Crippen molar-refractivity contribution in [1.82, 2.24) is 19.1 Å². The number of pyridine rings is 1. The van der Waals surface area contributed by atoms with Gasteiger partial charge < -0.3 is 10.1 Å². The minimum Gasteiger partial charge on any atom is -0.497 e. The average Bonchev–Trinajstić information content (AvgIpc) is 3.57. The first kappa shape index (κ1) is 25.1. The standard InChI is InChI=1S/C29H25N5O3S2/c1-37-23-9-4-8-21(18-23)27-28(34-16-17-38-29(34)33-27)22-12-13-30-26(19-22)31-14-15-32-39(35,36)25-11-5-7-20-6-2-3-10-24(20)25/h2-13,16-19,32H,14-15H2,1H3,(H,30,31). The molecule has 0 bridgehead atoms. The van der Waals surface area contributed by atoms with Crippen molar-refractivity contribution < 1.29 is 13.2 Å². The van der Waals surface area contributed by atoms with E-state index >= 15 is 0 Å². The number of ether oxygens (including phenoxy) is 1. The normalized spacial score (nSPS) is 11.7. The third-order valence-electron chi connectivity index (χ3n) is 6.40. The third kappa shape index (κ3) is 4.97. The Balaban J connectivity index is 1.21. The number of methoxy groups -OCH3 is 1. The van der Waals surface area contributed by atoms with Crippen LogP contribution in [0.1, 0.15) is 0 Å². The number of nitrogens with zero attached hydrogens (tertiary/aromatic N) is 3. The molecule has 196 valence electrons. The summed E-state index contributed by atoms with van der Waals surface area (Å²) >= 11 is 1.57. The molecule has 0 aliphatic carbocycles. The summed E-state index contributed by atoms with van der Waals surface area (Å²) in [6, 6.07) is 24.5. The SMILES string of the molecule is COc1cccc(-c2nc3sccn3c2-c2ccnc(NCCNS(=O)(=O)c3cccc4ccccc34)c2)c1. The molecule has 0 spiro atoms. The molecule has 2 N–H and O–H groups in total. The lowest BCUT2D eigenvalue weighted by Gasteiger charge is -2.11. The van der Waals surface area contributed by atoms with E-state index in [1.165, 1.54) is 0 Å². The molecule has 0 aliphatic rings. The number of nitrogens with one attached hydrogen (secondary N) is 2. The van der Waals surface area contributed by atoms with Gasteiger partial charge in [0, 0.05) is 47.4 Å². The monoisotopic (exact) mass is 555 g/mol. The second-order valence-electron chi connectivity index (χ2n) is 8.83. The van der Waals surface area contributed by atoms with E-state index in [2.05, 4.69) is 19.4 Å². The van der Waals surface area contributed by atoms with Crippen molar-refractivity contribution in [2.24, 2.45) is 0 Å². The predicted molar refractivity (Wildman–Crippen MR) is 156 cm³/mol. The summed E-state index contributed by atoms with van der Waals surface area (Å²) in [4.78, 5) is 10.5. The average molecular weight is 556 g/mol. The molecule has 0 saturated heterocycles. The van der Waals surface area contributed by atoms with Gasteiger partial charge in [0.2, 0.25) is 10.0 Å². The summed E-state index contributed by atoms with van der Waals surface area (Å²) in [7, 11) is -2.03. The molecule has 0 aliphatic heterocycles. The fourth-order valence-corrected chi connectivity index (χ4v) is 6.56. The molecule has 3 aromatic carbocycles. The van der Waals surface area contributed by atoms with Crippen molar-refractivity contribution in [1.29, 1.82) is 0 Å². The van der Waals surface area contributed by atoms with Crippen LogP contribution in [0.25, 0.3) is 38.2 Å². The van der Waals surface area contributed by atoms with Gasteiger partial charge in [0.15, 0.2) is 4.96 Å². The van der Waals surface area contributed by atoms with Crippen molar-refractivity contribution in [3.63, 3.8) is 0 Å². The van der Waals surface area contributed by atoms with Gasteiger partial charge in [-0.05, 0) is 35.7 Å². The number of sulfonamides is 1. The quantitative estimate of drug-likeness (QED) is 0.223. The maximum Gasteiger partial charge on any atom is 0.241 e. The van der Waals surface area contributed by atoms with Gasteiger partial charge in [-0.1, -0.05) is 48.5 Å². The summed E-state index contributed by atoms with van der Waals surface area (Å²) in [6.07, 6.45) is 3.74. The van der Waals surface area contributed by atoms with Crippen LogP contribution >= 0.6 is 11.3 Å². The minimum absolute atomic E-state index is 0.202. The van der Waals surface area contributed by atoms with Gasteiger partial charge in [-0.15, -0.1) is 11.3 Å². The van der Waals surface area contributed by atoms with Crippen LogP contribution in [0.4, 0.5) is 5.82 Å². The molecule has 0 fully saturated rings. The Morgan fingerprint density at radius 1 is 0.949 bits per heavy atom. The van der Waals surface area contributed by atoms with E-state index in [1.807, 2.05) is 78.3 Å². The van der Waals surface area contributed by atoms with Crippen LogP contribution in [0.5, 0.6) is 5.75 Å². The summed E-state index contributed by atoms with van der Waals surface area (Å²) < 4.78 is 36.2. The smallest absolute Gasteiger partial charge is 0.241 e. The Kier molecular flexibility index (Phi) is 6.74. The molecule has 10 heteroatoms. The molecule has 0 atom stereocenters. The van der Waals surface area contributed by atoms with E-state index < -0.39 is 10.0 Å². The zero-order valence-electron chi connectivity index (χ0n) is 21.0. The van der Waals surface area contributed by atoms with Crippen LogP contribution < -0.4 is 14.8 Å². The number of benzene rings is 3. The number of aromatic nitrogens is 3. The van der Waals surface area contributed by atoms with E-state index in [4.69, 9.17) is 9.72 Å². The highest BCUT2D eigenvalue weighted by Crippen LogP contribution is 2.36. The van der Waals surface area contributed by atoms with Crippen molar-refractivity contribution in [3.05, 3.63) is 96.6 Å². The molecule has 0 unspecified atom stereocenters. The maximum atomic E-state index is 13.0. The molecular weight excluding hydrogens is 530 g/mol. The van der Waals surface area contributed by atoms with E-state index in [9.17, 15) is 8.42 Å². The molecule has 3 aromatic heterocycles. The molecule has 0 saturated carbocycles. The molecule has 39 heavy (non-hydrogen) atoms. The van der Waals surface area contributed by atoms with Gasteiger partial charge in [-0.25, -0.2) is 23.1 Å². The molecule has 3 heterocycles. The van der Waals surface area contributed by atoms with E-state index in [-0.39, 0.29) is 11.4 Å². The highest BCUT2D eigenvalue weighted by molar-refractivity contribution is 7.89. The number of rotatable bonds is 9. The number of hydrogen-bond donors (Lipinski definition) is 2. The summed E-state index contributed by atoms with van der Waals surface area (Å²) in [6.45, 7) is 0.567. The highest BCUT2D eigenvalue weighted by Gasteiger charge is 2.19. The summed E-state index contributed by atoms with van der Waals surface area (Å²) in [5, 5.41) is 6.82. The van der Waals surface area contributed by atoms with Gasteiger partial charge >= 0.3 is 0 Å². The van der Waals surface area contributed by atoms with Crippen molar-refractivity contribution in [3.8, 4) is 28.3 Å². The fourth-order valence-electron chi connectivity index (χ4n) is 4.59. The van der Waals surface area contributed by atoms with Gasteiger partial charge in [0.25, 0.3) is 0 Å². The summed E-state index contributed by atoms with van der Waals surface area (Å²) in [5.41, 5.74) is 3.68. The second kappa shape index (κ2) is 10.5. The molecule has 6 aromatic rings. The van der Waals surface area contributed by atoms with Crippen LogP contribution in [0.15, 0.2) is 102 Å². The van der Waals surface area contributed by atoms with Crippen molar-refractivity contribution >= 4 is 42.9 Å². The number of hydrogen-bond acceptors (Lipinski definition) is 7. The lowest BCUT2D eigenvalue weighted by molar-refractivity contribution is 0.415. The first-order valence-corrected chi connectivity index (χ1v) is 14.7. The summed E-state index contributed by atoms with van der Waals surface area (Å²) in [5.74, 6) is 1.40. The lowest BCUT2D eigenvalue weighted by Crippen LogP contribution is -2.29. The van der Waals surface area contributed by atoms with Crippen LogP contribution in [-0.4, -0.2) is 43.0 Å². The van der Waals surface area contributed by atoms with Gasteiger partial charge in [0.05, 0.1) is 23.4 Å². The highest BCUT2D eigenvalue weighted by atomic mass is 32.2. The Labute approximate surface area is 230 Å². The van der Waals surface area contributed by atoms with E-state index in [0.717, 1.165) is 38.6 Å². The lowest BCUT2D eigenvalue weighted by atomic mass is 10.1. The van der Waals surface area contributed by atoms with Crippen LogP contribution in [0.2, 0.25) is 0 Å².